The van der Waals surface area contributed by atoms with E-state index in [1.54, 1.807) is 24.3 Å². The molecule has 0 aliphatic heterocycles. The highest BCUT2D eigenvalue weighted by Gasteiger charge is 2.25. The number of carbonyl (C=O) groups excluding carboxylic acids is 2. The average molecular weight is 531 g/mol. The van der Waals surface area contributed by atoms with E-state index in [4.69, 9.17) is 28.4 Å². The minimum absolute atomic E-state index is 0.206. The summed E-state index contributed by atoms with van der Waals surface area (Å²) in [5.41, 5.74) is 0.869. The average Bonchev–Trinajstić information content (AvgIpc) is 2.96. The summed E-state index contributed by atoms with van der Waals surface area (Å²) in [4.78, 5) is 25.8. The summed E-state index contributed by atoms with van der Waals surface area (Å²) < 4.78 is 32.1. The number of amides is 2. The van der Waals surface area contributed by atoms with Gasteiger partial charge in [0.15, 0.2) is 23.0 Å². The van der Waals surface area contributed by atoms with Crippen LogP contribution in [0.2, 0.25) is 0 Å². The van der Waals surface area contributed by atoms with Crippen molar-refractivity contribution in [1.29, 1.82) is 0 Å². The maximum atomic E-state index is 12.9. The Balaban J connectivity index is 1.56. The molecule has 38 heavy (non-hydrogen) atoms. The molecule has 0 saturated heterocycles. The third-order valence-electron chi connectivity index (χ3n) is 6.85. The van der Waals surface area contributed by atoms with E-state index in [0.717, 1.165) is 25.7 Å². The van der Waals surface area contributed by atoms with Crippen LogP contribution >= 0.6 is 0 Å². The molecule has 1 aliphatic carbocycles. The summed E-state index contributed by atoms with van der Waals surface area (Å²) in [6.45, 7) is 1.10. The number of nitrogens with one attached hydrogen (secondary N) is 2. The highest BCUT2D eigenvalue weighted by atomic mass is 16.5. The lowest BCUT2D eigenvalue weighted by atomic mass is 9.81. The first-order valence-corrected chi connectivity index (χ1v) is 12.5. The molecule has 208 valence electrons. The summed E-state index contributed by atoms with van der Waals surface area (Å²) >= 11 is 0. The predicted molar refractivity (Wildman–Crippen MR) is 142 cm³/mol. The molecular formula is C28H38N2O8. The molecule has 0 bridgehead atoms. The Labute approximate surface area is 223 Å². The third kappa shape index (κ3) is 6.73. The molecule has 2 N–H and O–H groups in total. The Morgan fingerprint density at radius 1 is 0.632 bits per heavy atom. The second-order valence-electron chi connectivity index (χ2n) is 9.15. The molecule has 0 heterocycles. The summed E-state index contributed by atoms with van der Waals surface area (Å²) in [5, 5.41) is 6.08. The van der Waals surface area contributed by atoms with Crippen LogP contribution in [0, 0.1) is 11.8 Å². The van der Waals surface area contributed by atoms with Crippen LogP contribution in [0.1, 0.15) is 46.4 Å². The highest BCUT2D eigenvalue weighted by molar-refractivity contribution is 5.96. The number of hydrogen-bond donors (Lipinski definition) is 2. The summed E-state index contributed by atoms with van der Waals surface area (Å²) in [6.07, 6.45) is 3.99. The zero-order chi connectivity index (χ0) is 27.7. The molecular weight excluding hydrogens is 492 g/mol. The van der Waals surface area contributed by atoms with Crippen molar-refractivity contribution in [3.05, 3.63) is 35.4 Å². The van der Waals surface area contributed by atoms with Gasteiger partial charge in [0.25, 0.3) is 11.8 Å². The van der Waals surface area contributed by atoms with Crippen LogP contribution in [0.4, 0.5) is 0 Å². The Morgan fingerprint density at radius 3 is 1.26 bits per heavy atom. The molecule has 0 unspecified atom stereocenters. The number of ether oxygens (including phenoxy) is 6. The molecule has 2 amide bonds. The maximum Gasteiger partial charge on any atom is 0.251 e. The molecule has 1 aliphatic rings. The Hall–Kier alpha value is -3.82. The van der Waals surface area contributed by atoms with Crippen molar-refractivity contribution >= 4 is 11.8 Å². The topological polar surface area (TPSA) is 114 Å². The van der Waals surface area contributed by atoms with Gasteiger partial charge in [-0.3, -0.25) is 9.59 Å². The van der Waals surface area contributed by atoms with Gasteiger partial charge in [-0.25, -0.2) is 0 Å². The van der Waals surface area contributed by atoms with Gasteiger partial charge in [0, 0.05) is 24.2 Å². The van der Waals surface area contributed by atoms with Crippen molar-refractivity contribution in [2.75, 3.05) is 55.7 Å². The molecule has 3 rings (SSSR count). The van der Waals surface area contributed by atoms with Crippen molar-refractivity contribution in [2.24, 2.45) is 11.8 Å². The second kappa shape index (κ2) is 13.6. The van der Waals surface area contributed by atoms with E-state index in [1.807, 2.05) is 0 Å². The second-order valence-corrected chi connectivity index (χ2v) is 9.15. The molecule has 1 fully saturated rings. The van der Waals surface area contributed by atoms with E-state index in [-0.39, 0.29) is 11.8 Å². The van der Waals surface area contributed by atoms with Crippen LogP contribution in [-0.2, 0) is 0 Å². The van der Waals surface area contributed by atoms with Gasteiger partial charge in [0.05, 0.1) is 42.7 Å². The standard InChI is InChI=1S/C28H38N2O8/c1-33-21-11-19(12-22(34-2)25(21)37-5)27(31)29-15-17-8-7-9-18(10-17)16-30-28(32)20-13-23(35-3)26(38-6)24(14-20)36-4/h11-14,17-18H,7-10,15-16H2,1-6H3,(H,29,31)(H,30,32)/t17-,18-/m1/s1. The van der Waals surface area contributed by atoms with Crippen LogP contribution in [0.5, 0.6) is 34.5 Å². The smallest absolute Gasteiger partial charge is 0.251 e. The van der Waals surface area contributed by atoms with Crippen molar-refractivity contribution in [1.82, 2.24) is 10.6 Å². The fourth-order valence-corrected chi connectivity index (χ4v) is 4.88. The van der Waals surface area contributed by atoms with Crippen LogP contribution in [0.25, 0.3) is 0 Å². The van der Waals surface area contributed by atoms with E-state index < -0.39 is 0 Å². The first kappa shape index (κ1) is 28.7. The number of methoxy groups -OCH3 is 6. The molecule has 0 aromatic heterocycles. The maximum absolute atomic E-state index is 12.9. The first-order chi connectivity index (χ1) is 18.4. The summed E-state index contributed by atoms with van der Waals surface area (Å²) in [7, 11) is 9.10. The first-order valence-electron chi connectivity index (χ1n) is 12.5. The van der Waals surface area contributed by atoms with Gasteiger partial charge in [0.1, 0.15) is 0 Å². The van der Waals surface area contributed by atoms with Gasteiger partial charge in [-0.05, 0) is 55.4 Å². The lowest BCUT2D eigenvalue weighted by Crippen LogP contribution is -2.35. The van der Waals surface area contributed by atoms with Gasteiger partial charge < -0.3 is 39.1 Å². The van der Waals surface area contributed by atoms with Crippen LogP contribution < -0.4 is 39.1 Å². The number of hydrogen-bond acceptors (Lipinski definition) is 8. The van der Waals surface area contributed by atoms with Crippen molar-refractivity contribution in [3.8, 4) is 34.5 Å². The Kier molecular flexibility index (Phi) is 10.3. The van der Waals surface area contributed by atoms with Crippen LogP contribution in [0.3, 0.4) is 0 Å². The monoisotopic (exact) mass is 530 g/mol. The molecule has 10 heteroatoms. The molecule has 2 atom stereocenters. The van der Waals surface area contributed by atoms with Crippen LogP contribution in [-0.4, -0.2) is 67.6 Å². The molecule has 0 spiro atoms. The van der Waals surface area contributed by atoms with Gasteiger partial charge in [-0.1, -0.05) is 6.42 Å². The van der Waals surface area contributed by atoms with E-state index in [1.165, 1.54) is 42.7 Å². The van der Waals surface area contributed by atoms with E-state index in [2.05, 4.69) is 10.6 Å². The molecule has 0 radical (unpaired) electrons. The van der Waals surface area contributed by atoms with E-state index in [0.29, 0.717) is 70.5 Å². The summed E-state index contributed by atoms with van der Waals surface area (Å²) in [6, 6.07) is 6.55. The van der Waals surface area contributed by atoms with Crippen molar-refractivity contribution in [2.45, 2.75) is 25.7 Å². The Morgan fingerprint density at radius 2 is 0.974 bits per heavy atom. The third-order valence-corrected chi connectivity index (χ3v) is 6.85. The molecule has 2 aromatic rings. The van der Waals surface area contributed by atoms with Gasteiger partial charge in [-0.2, -0.15) is 0 Å². The van der Waals surface area contributed by atoms with Gasteiger partial charge in [-0.15, -0.1) is 0 Å². The number of rotatable bonds is 12. The fraction of sp³-hybridized carbons (Fsp3) is 0.500. The molecule has 2 aromatic carbocycles. The predicted octanol–water partition coefficient (Wildman–Crippen LogP) is 3.70. The zero-order valence-electron chi connectivity index (χ0n) is 23.0. The quantitative estimate of drug-likeness (QED) is 0.427. The SMILES string of the molecule is COc1cc(C(=O)NC[C@@H]2CCC[C@@H](CNC(=O)c3cc(OC)c(OC)c(OC)c3)C2)cc(OC)c1OC. The Bertz CT molecular complexity index is 985. The normalized spacial score (nSPS) is 16.7. The lowest BCUT2D eigenvalue weighted by molar-refractivity contribution is 0.0934. The summed E-state index contributed by atoms with van der Waals surface area (Å²) in [5.74, 6) is 2.82. The van der Waals surface area contributed by atoms with E-state index in [9.17, 15) is 9.59 Å². The fourth-order valence-electron chi connectivity index (χ4n) is 4.88. The molecule has 1 saturated carbocycles. The van der Waals surface area contributed by atoms with Crippen molar-refractivity contribution < 1.29 is 38.0 Å². The zero-order valence-corrected chi connectivity index (χ0v) is 23.0. The van der Waals surface area contributed by atoms with Gasteiger partial charge in [0.2, 0.25) is 11.5 Å². The van der Waals surface area contributed by atoms with Gasteiger partial charge >= 0.3 is 0 Å². The number of carbonyl (C=O) groups is 2. The highest BCUT2D eigenvalue weighted by Crippen LogP contribution is 2.39. The minimum atomic E-state index is -0.206. The van der Waals surface area contributed by atoms with E-state index >= 15 is 0 Å². The molecule has 10 nitrogen and oxygen atoms in total. The minimum Gasteiger partial charge on any atom is -0.493 e. The van der Waals surface area contributed by atoms with Crippen LogP contribution in [0.15, 0.2) is 24.3 Å². The largest absolute Gasteiger partial charge is 0.493 e. The lowest BCUT2D eigenvalue weighted by Gasteiger charge is -2.29. The number of benzene rings is 2. The van der Waals surface area contributed by atoms with Crippen molar-refractivity contribution in [3.63, 3.8) is 0 Å².